The Hall–Kier alpha value is -1.34. The van der Waals surface area contributed by atoms with Crippen molar-refractivity contribution in [2.45, 2.75) is 24.3 Å². The molecule has 2 rings (SSSR count). The van der Waals surface area contributed by atoms with Gasteiger partial charge in [-0.15, -0.1) is 10.2 Å². The minimum Gasteiger partial charge on any atom is -0.325 e. The monoisotopic (exact) mass is 354 g/mol. The molecule has 5 nitrogen and oxygen atoms in total. The van der Waals surface area contributed by atoms with Gasteiger partial charge < -0.3 is 9.88 Å². The van der Waals surface area contributed by atoms with E-state index >= 15 is 0 Å². The zero-order valence-corrected chi connectivity index (χ0v) is 13.8. The maximum absolute atomic E-state index is 12.1. The van der Waals surface area contributed by atoms with Crippen molar-refractivity contribution in [3.63, 3.8) is 0 Å². The molecule has 1 heterocycles. The lowest BCUT2D eigenvalue weighted by molar-refractivity contribution is -0.115. The lowest BCUT2D eigenvalue weighted by Crippen LogP contribution is -2.22. The third-order valence-electron chi connectivity index (χ3n) is 2.75. The zero-order valence-electron chi connectivity index (χ0n) is 11.4. The SMILES string of the molecule is Cc1cc(NC(=O)C(C)Sc2nncn2C)ccc1Br. The van der Waals surface area contributed by atoms with Crippen molar-refractivity contribution in [2.75, 3.05) is 5.32 Å². The lowest BCUT2D eigenvalue weighted by Gasteiger charge is -2.12. The number of nitrogens with one attached hydrogen (secondary N) is 1. The average molecular weight is 355 g/mol. The molecule has 0 saturated carbocycles. The van der Waals surface area contributed by atoms with Crippen LogP contribution < -0.4 is 5.32 Å². The first kappa shape index (κ1) is 15.1. The van der Waals surface area contributed by atoms with E-state index in [1.54, 1.807) is 10.9 Å². The van der Waals surface area contributed by atoms with Crippen molar-refractivity contribution in [2.24, 2.45) is 7.05 Å². The van der Waals surface area contributed by atoms with Crippen molar-refractivity contribution >= 4 is 39.3 Å². The second-order valence-corrected chi connectivity index (χ2v) is 6.60. The van der Waals surface area contributed by atoms with E-state index in [2.05, 4.69) is 31.4 Å². The number of rotatable bonds is 4. The second-order valence-electron chi connectivity index (χ2n) is 4.44. The largest absolute Gasteiger partial charge is 0.325 e. The van der Waals surface area contributed by atoms with Crippen LogP contribution in [0.25, 0.3) is 0 Å². The van der Waals surface area contributed by atoms with Crippen LogP contribution in [0.4, 0.5) is 5.69 Å². The summed E-state index contributed by atoms with van der Waals surface area (Å²) in [6.45, 7) is 3.83. The van der Waals surface area contributed by atoms with E-state index in [-0.39, 0.29) is 11.2 Å². The molecule has 0 aliphatic carbocycles. The number of carbonyl (C=O) groups is 1. The summed E-state index contributed by atoms with van der Waals surface area (Å²) in [6, 6.07) is 5.72. The first-order valence-corrected chi connectivity index (χ1v) is 7.72. The first-order valence-electron chi connectivity index (χ1n) is 6.05. The van der Waals surface area contributed by atoms with Crippen LogP contribution in [0.1, 0.15) is 12.5 Å². The second kappa shape index (κ2) is 6.41. The number of thioether (sulfide) groups is 1. The third kappa shape index (κ3) is 3.61. The summed E-state index contributed by atoms with van der Waals surface area (Å²) in [4.78, 5) is 12.1. The smallest absolute Gasteiger partial charge is 0.237 e. The number of halogens is 1. The standard InChI is InChI=1S/C13H15BrN4OS/c1-8-6-10(4-5-11(8)14)16-12(19)9(2)20-13-17-15-7-18(13)3/h4-7,9H,1-3H3,(H,16,19). The van der Waals surface area contributed by atoms with Crippen molar-refractivity contribution < 1.29 is 4.79 Å². The average Bonchev–Trinajstić information content (AvgIpc) is 2.79. The molecule has 1 aromatic carbocycles. The van der Waals surface area contributed by atoms with Crippen molar-refractivity contribution in [3.05, 3.63) is 34.6 Å². The summed E-state index contributed by atoms with van der Waals surface area (Å²) in [5.41, 5.74) is 1.87. The van der Waals surface area contributed by atoms with Gasteiger partial charge in [0.15, 0.2) is 5.16 Å². The Bertz CT molecular complexity index is 629. The number of amides is 1. The maximum atomic E-state index is 12.1. The minimum absolute atomic E-state index is 0.0558. The molecule has 1 N–H and O–H groups in total. The Morgan fingerprint density at radius 3 is 2.85 bits per heavy atom. The molecule has 0 bridgehead atoms. The fraction of sp³-hybridized carbons (Fsp3) is 0.308. The van der Waals surface area contributed by atoms with Crippen LogP contribution >= 0.6 is 27.7 Å². The molecule has 1 unspecified atom stereocenters. The van der Waals surface area contributed by atoms with Gasteiger partial charge in [0, 0.05) is 17.2 Å². The highest BCUT2D eigenvalue weighted by molar-refractivity contribution is 9.10. The van der Waals surface area contributed by atoms with E-state index in [1.807, 2.05) is 39.1 Å². The predicted molar refractivity (Wildman–Crippen MR) is 83.8 cm³/mol. The molecule has 1 atom stereocenters. The molecule has 0 saturated heterocycles. The summed E-state index contributed by atoms with van der Waals surface area (Å²) in [6.07, 6.45) is 1.62. The van der Waals surface area contributed by atoms with Gasteiger partial charge in [-0.05, 0) is 37.6 Å². The molecule has 0 radical (unpaired) electrons. The Morgan fingerprint density at radius 2 is 2.25 bits per heavy atom. The van der Waals surface area contributed by atoms with Gasteiger partial charge in [-0.25, -0.2) is 0 Å². The van der Waals surface area contributed by atoms with Crippen molar-refractivity contribution in [3.8, 4) is 0 Å². The number of aromatic nitrogens is 3. The molecule has 0 spiro atoms. The van der Waals surface area contributed by atoms with Crippen LogP contribution in [0.3, 0.4) is 0 Å². The van der Waals surface area contributed by atoms with Crippen LogP contribution in [-0.4, -0.2) is 25.9 Å². The van der Waals surface area contributed by atoms with Gasteiger partial charge >= 0.3 is 0 Å². The van der Waals surface area contributed by atoms with Crippen molar-refractivity contribution in [1.29, 1.82) is 0 Å². The molecule has 106 valence electrons. The van der Waals surface area contributed by atoms with Gasteiger partial charge in [-0.2, -0.15) is 0 Å². The van der Waals surface area contributed by atoms with Gasteiger partial charge in [0.2, 0.25) is 5.91 Å². The van der Waals surface area contributed by atoms with Crippen LogP contribution in [0, 0.1) is 6.92 Å². The number of hydrogen-bond acceptors (Lipinski definition) is 4. The topological polar surface area (TPSA) is 59.8 Å². The van der Waals surface area contributed by atoms with E-state index in [1.165, 1.54) is 11.8 Å². The van der Waals surface area contributed by atoms with Crippen LogP contribution in [0.15, 0.2) is 34.2 Å². The van der Waals surface area contributed by atoms with Crippen molar-refractivity contribution in [1.82, 2.24) is 14.8 Å². The molecule has 1 amide bonds. The third-order valence-corrected chi connectivity index (χ3v) is 4.78. The van der Waals surface area contributed by atoms with Crippen LogP contribution in [0.5, 0.6) is 0 Å². The quantitative estimate of drug-likeness (QED) is 0.857. The Morgan fingerprint density at radius 1 is 1.50 bits per heavy atom. The maximum Gasteiger partial charge on any atom is 0.237 e. The number of aryl methyl sites for hydroxylation is 2. The van der Waals surface area contributed by atoms with Gasteiger partial charge in [0.05, 0.1) is 5.25 Å². The predicted octanol–water partition coefficient (Wildman–Crippen LogP) is 3.01. The fourth-order valence-corrected chi connectivity index (χ4v) is 2.59. The van der Waals surface area contributed by atoms with Gasteiger partial charge in [0.1, 0.15) is 6.33 Å². The lowest BCUT2D eigenvalue weighted by atomic mass is 10.2. The fourth-order valence-electron chi connectivity index (χ4n) is 1.56. The summed E-state index contributed by atoms with van der Waals surface area (Å²) >= 11 is 4.82. The first-order chi connectivity index (χ1) is 9.47. The van der Waals surface area contributed by atoms with E-state index in [0.29, 0.717) is 0 Å². The number of carbonyl (C=O) groups excluding carboxylic acids is 1. The van der Waals surface area contributed by atoms with Gasteiger partial charge in [-0.3, -0.25) is 4.79 Å². The highest BCUT2D eigenvalue weighted by atomic mass is 79.9. The summed E-state index contributed by atoms with van der Waals surface area (Å²) in [7, 11) is 1.85. The molecule has 0 aliphatic rings. The molecule has 2 aromatic rings. The van der Waals surface area contributed by atoms with Gasteiger partial charge in [-0.1, -0.05) is 27.7 Å². The molecule has 1 aromatic heterocycles. The molecular formula is C13H15BrN4OS. The number of benzene rings is 1. The molecule has 20 heavy (non-hydrogen) atoms. The van der Waals surface area contributed by atoms with E-state index in [4.69, 9.17) is 0 Å². The van der Waals surface area contributed by atoms with Gasteiger partial charge in [0.25, 0.3) is 0 Å². The molecule has 0 fully saturated rings. The Kier molecular flexibility index (Phi) is 4.82. The van der Waals surface area contributed by atoms with Crippen LogP contribution in [0.2, 0.25) is 0 Å². The Labute approximate surface area is 130 Å². The van der Waals surface area contributed by atoms with E-state index < -0.39 is 0 Å². The highest BCUT2D eigenvalue weighted by Crippen LogP contribution is 2.23. The van der Waals surface area contributed by atoms with E-state index in [0.717, 1.165) is 20.9 Å². The summed E-state index contributed by atoms with van der Waals surface area (Å²) in [5, 5.41) is 11.1. The number of nitrogens with zero attached hydrogens (tertiary/aromatic N) is 3. The number of hydrogen-bond donors (Lipinski definition) is 1. The van der Waals surface area contributed by atoms with Crippen LogP contribution in [-0.2, 0) is 11.8 Å². The summed E-state index contributed by atoms with van der Waals surface area (Å²) < 4.78 is 2.81. The molecule has 0 aliphatic heterocycles. The molecular weight excluding hydrogens is 340 g/mol. The minimum atomic E-state index is -0.248. The normalized spacial score (nSPS) is 12.2. The highest BCUT2D eigenvalue weighted by Gasteiger charge is 2.17. The zero-order chi connectivity index (χ0) is 14.7. The molecule has 7 heteroatoms. The number of anilines is 1. The van der Waals surface area contributed by atoms with E-state index in [9.17, 15) is 4.79 Å². The Balaban J connectivity index is 2.00. The summed E-state index contributed by atoms with van der Waals surface area (Å²) in [5.74, 6) is -0.0558.